The Morgan fingerprint density at radius 1 is 0.333 bits per heavy atom. The molecule has 4 aromatic rings. The second-order valence-electron chi connectivity index (χ2n) is 8.71. The molecule has 4 rings (SSSR count). The summed E-state index contributed by atoms with van der Waals surface area (Å²) < 4.78 is 0. The quantitative estimate of drug-likeness (QED) is 0.187. The van der Waals surface area contributed by atoms with Crippen molar-refractivity contribution in [1.29, 1.82) is 0 Å². The largest absolute Gasteiger partial charge is 0.508 e. The first kappa shape index (κ1) is 24.4. The van der Waals surface area contributed by atoms with Crippen LogP contribution in [-0.4, -0.2) is 40.9 Å². The van der Waals surface area contributed by atoms with Crippen LogP contribution < -0.4 is 0 Å². The molecule has 0 aliphatic heterocycles. The molecule has 4 aromatic carbocycles. The maximum atomic E-state index is 10.5. The van der Waals surface area contributed by atoms with Gasteiger partial charge in [-0.15, -0.1) is 0 Å². The highest BCUT2D eigenvalue weighted by molar-refractivity contribution is 5.78. The van der Waals surface area contributed by atoms with Crippen molar-refractivity contribution in [1.82, 2.24) is 0 Å². The third-order valence-corrected chi connectivity index (χ3v) is 5.97. The fourth-order valence-electron chi connectivity index (χ4n) is 4.24. The van der Waals surface area contributed by atoms with Gasteiger partial charge in [-0.25, -0.2) is 0 Å². The molecule has 36 heavy (non-hydrogen) atoms. The molecule has 0 heterocycles. The van der Waals surface area contributed by atoms with Crippen LogP contribution >= 0.6 is 0 Å². The molecule has 0 aliphatic rings. The van der Waals surface area contributed by atoms with E-state index in [1.54, 1.807) is 0 Å². The summed E-state index contributed by atoms with van der Waals surface area (Å²) >= 11 is 0. The summed E-state index contributed by atoms with van der Waals surface area (Å²) in [6, 6.07) is 13.9. The minimum Gasteiger partial charge on any atom is -0.508 e. The van der Waals surface area contributed by atoms with Gasteiger partial charge in [0.1, 0.15) is 46.0 Å². The Morgan fingerprint density at radius 2 is 0.667 bits per heavy atom. The predicted octanol–water partition coefficient (Wildman–Crippen LogP) is 4.57. The van der Waals surface area contributed by atoms with Gasteiger partial charge in [0, 0.05) is 35.4 Å². The van der Waals surface area contributed by atoms with Crippen molar-refractivity contribution >= 4 is 0 Å². The van der Waals surface area contributed by atoms with E-state index in [2.05, 4.69) is 0 Å². The number of phenols is 8. The summed E-state index contributed by atoms with van der Waals surface area (Å²) in [5.41, 5.74) is 2.72. The van der Waals surface area contributed by atoms with Crippen LogP contribution in [0.25, 0.3) is 11.1 Å². The van der Waals surface area contributed by atoms with E-state index < -0.39 is 0 Å². The van der Waals surface area contributed by atoms with E-state index in [1.807, 2.05) is 0 Å². The number of hydrogen-bond acceptors (Lipinski definition) is 8. The van der Waals surface area contributed by atoms with Crippen LogP contribution in [0.15, 0.2) is 60.7 Å². The third-order valence-electron chi connectivity index (χ3n) is 5.97. The Labute approximate surface area is 206 Å². The molecule has 0 spiro atoms. The van der Waals surface area contributed by atoms with Crippen LogP contribution in [0.1, 0.15) is 22.3 Å². The van der Waals surface area contributed by atoms with Crippen LogP contribution in [0.3, 0.4) is 0 Å². The maximum Gasteiger partial charge on any atom is 0.127 e. The van der Waals surface area contributed by atoms with Crippen molar-refractivity contribution in [2.45, 2.75) is 25.7 Å². The van der Waals surface area contributed by atoms with Crippen LogP contribution in [0.4, 0.5) is 0 Å². The Kier molecular flexibility index (Phi) is 6.69. The van der Waals surface area contributed by atoms with Gasteiger partial charge < -0.3 is 40.9 Å². The molecule has 0 radical (unpaired) electrons. The van der Waals surface area contributed by atoms with E-state index >= 15 is 0 Å². The van der Waals surface area contributed by atoms with Gasteiger partial charge in [-0.05, 0) is 84.3 Å². The van der Waals surface area contributed by atoms with Gasteiger partial charge in [0.05, 0.1) is 0 Å². The summed E-state index contributed by atoms with van der Waals surface area (Å²) in [7, 11) is 0. The average Bonchev–Trinajstić information content (AvgIpc) is 2.77. The molecular formula is C28H26O8. The lowest BCUT2D eigenvalue weighted by molar-refractivity contribution is 0.441. The molecule has 0 atom stereocenters. The average molecular weight is 491 g/mol. The van der Waals surface area contributed by atoms with Crippen molar-refractivity contribution in [3.8, 4) is 57.1 Å². The zero-order valence-electron chi connectivity index (χ0n) is 19.2. The van der Waals surface area contributed by atoms with Gasteiger partial charge in [-0.2, -0.15) is 0 Å². The Balaban J connectivity index is 1.62. The monoisotopic (exact) mass is 490 g/mol. The van der Waals surface area contributed by atoms with E-state index in [9.17, 15) is 40.9 Å². The van der Waals surface area contributed by atoms with Gasteiger partial charge in [-0.1, -0.05) is 0 Å². The minimum absolute atomic E-state index is 0.0805. The van der Waals surface area contributed by atoms with Crippen molar-refractivity contribution in [2.24, 2.45) is 0 Å². The summed E-state index contributed by atoms with van der Waals surface area (Å²) in [5, 5.41) is 80.5. The topological polar surface area (TPSA) is 162 Å². The van der Waals surface area contributed by atoms with Crippen molar-refractivity contribution < 1.29 is 40.9 Å². The lowest BCUT2D eigenvalue weighted by Gasteiger charge is -2.14. The van der Waals surface area contributed by atoms with Gasteiger partial charge in [0.15, 0.2) is 0 Å². The lowest BCUT2D eigenvalue weighted by atomic mass is 9.94. The van der Waals surface area contributed by atoms with E-state index in [4.69, 9.17) is 0 Å². The number of aryl methyl sites for hydroxylation is 4. The Morgan fingerprint density at radius 3 is 1.00 bits per heavy atom. The molecule has 0 fully saturated rings. The number of benzene rings is 4. The molecule has 186 valence electrons. The van der Waals surface area contributed by atoms with Gasteiger partial charge >= 0.3 is 0 Å². The first-order valence-corrected chi connectivity index (χ1v) is 11.2. The van der Waals surface area contributed by atoms with Crippen LogP contribution in [0.5, 0.6) is 46.0 Å². The standard InChI is InChI=1S/C28H26O8/c29-19-5-15(6-20(30)11-19)1-3-17-9-23(27(35)13-25(17)33)24-10-18(26(34)14-28(24)36)4-2-16-7-21(31)12-22(32)8-16/h5-14,29-36H,1-4H2. The summed E-state index contributed by atoms with van der Waals surface area (Å²) in [4.78, 5) is 0. The molecular weight excluding hydrogens is 464 g/mol. The highest BCUT2D eigenvalue weighted by Crippen LogP contribution is 2.42. The number of hydrogen-bond donors (Lipinski definition) is 8. The molecule has 0 saturated heterocycles. The molecule has 0 amide bonds. The highest BCUT2D eigenvalue weighted by Gasteiger charge is 2.17. The summed E-state index contributed by atoms with van der Waals surface area (Å²) in [6.07, 6.45) is 1.38. The summed E-state index contributed by atoms with van der Waals surface area (Å²) in [5.74, 6) is -1.16. The molecule has 0 saturated carbocycles. The SMILES string of the molecule is Oc1cc(O)cc(CCc2cc(-c3cc(CCc4cc(O)cc(O)c4)c(O)cc3O)c(O)cc2O)c1. The van der Waals surface area contributed by atoms with Crippen LogP contribution in [-0.2, 0) is 25.7 Å². The van der Waals surface area contributed by atoms with E-state index in [0.717, 1.165) is 0 Å². The first-order valence-electron chi connectivity index (χ1n) is 11.2. The number of phenolic OH excluding ortho intramolecular Hbond substituents is 8. The van der Waals surface area contributed by atoms with Crippen LogP contribution in [0.2, 0.25) is 0 Å². The molecule has 8 heteroatoms. The molecule has 8 nitrogen and oxygen atoms in total. The van der Waals surface area contributed by atoms with Gasteiger partial charge in [0.2, 0.25) is 0 Å². The number of rotatable bonds is 7. The van der Waals surface area contributed by atoms with Crippen molar-refractivity contribution in [3.05, 3.63) is 82.9 Å². The highest BCUT2D eigenvalue weighted by atomic mass is 16.3. The second-order valence-corrected chi connectivity index (χ2v) is 8.71. The lowest BCUT2D eigenvalue weighted by Crippen LogP contribution is -1.96. The second kappa shape index (κ2) is 9.87. The van der Waals surface area contributed by atoms with Crippen LogP contribution in [0, 0.1) is 0 Å². The van der Waals surface area contributed by atoms with Crippen molar-refractivity contribution in [3.63, 3.8) is 0 Å². The Hall–Kier alpha value is -4.72. The van der Waals surface area contributed by atoms with Gasteiger partial charge in [0.25, 0.3) is 0 Å². The van der Waals surface area contributed by atoms with E-state index in [1.165, 1.54) is 60.7 Å². The molecule has 0 aromatic heterocycles. The molecule has 0 bridgehead atoms. The maximum absolute atomic E-state index is 10.5. The molecule has 0 unspecified atom stereocenters. The Bertz CT molecular complexity index is 1280. The first-order chi connectivity index (χ1) is 17.1. The smallest absolute Gasteiger partial charge is 0.127 e. The molecule has 8 N–H and O–H groups in total. The third kappa shape index (κ3) is 5.50. The zero-order chi connectivity index (χ0) is 26.0. The number of aromatic hydroxyl groups is 8. The predicted molar refractivity (Wildman–Crippen MR) is 133 cm³/mol. The van der Waals surface area contributed by atoms with Gasteiger partial charge in [-0.3, -0.25) is 0 Å². The fraction of sp³-hybridized carbons (Fsp3) is 0.143. The summed E-state index contributed by atoms with van der Waals surface area (Å²) in [6.45, 7) is 0. The normalized spacial score (nSPS) is 11.0. The zero-order valence-corrected chi connectivity index (χ0v) is 19.2. The van der Waals surface area contributed by atoms with E-state index in [-0.39, 0.29) is 57.1 Å². The minimum atomic E-state index is -0.268. The van der Waals surface area contributed by atoms with Crippen molar-refractivity contribution in [2.75, 3.05) is 0 Å². The fourth-order valence-corrected chi connectivity index (χ4v) is 4.24. The van der Waals surface area contributed by atoms with E-state index in [0.29, 0.717) is 47.9 Å². The molecule has 0 aliphatic carbocycles.